The van der Waals surface area contributed by atoms with Gasteiger partial charge in [-0.1, -0.05) is 165 Å². The molecule has 1 fully saturated rings. The van der Waals surface area contributed by atoms with Gasteiger partial charge in [0.1, 0.15) is 24.4 Å². The van der Waals surface area contributed by atoms with Crippen molar-refractivity contribution < 1.29 is 39.8 Å². The zero-order valence-corrected chi connectivity index (χ0v) is 35.6. The van der Waals surface area contributed by atoms with Gasteiger partial charge in [0.15, 0.2) is 6.29 Å². The molecular weight excluding hydrogens is 707 g/mol. The van der Waals surface area contributed by atoms with Crippen LogP contribution in [0.1, 0.15) is 187 Å². The summed E-state index contributed by atoms with van der Waals surface area (Å²) in [4.78, 5) is 12.9. The highest BCUT2D eigenvalue weighted by Crippen LogP contribution is 2.22. The van der Waals surface area contributed by atoms with Gasteiger partial charge in [0, 0.05) is 6.42 Å². The lowest BCUT2D eigenvalue weighted by atomic mass is 9.99. The highest BCUT2D eigenvalue weighted by molar-refractivity contribution is 5.76. The van der Waals surface area contributed by atoms with Crippen molar-refractivity contribution >= 4 is 5.91 Å². The molecule has 0 radical (unpaired) electrons. The van der Waals surface area contributed by atoms with Crippen molar-refractivity contribution in [3.63, 3.8) is 0 Å². The van der Waals surface area contributed by atoms with Gasteiger partial charge in [-0.05, 0) is 64.2 Å². The fourth-order valence-corrected chi connectivity index (χ4v) is 6.91. The summed E-state index contributed by atoms with van der Waals surface area (Å²) in [5.41, 5.74) is 0. The fourth-order valence-electron chi connectivity index (χ4n) is 6.91. The van der Waals surface area contributed by atoms with Crippen molar-refractivity contribution in [2.45, 2.75) is 230 Å². The maximum absolute atomic E-state index is 12.9. The fraction of sp³-hybridized carbons (Fsp3) is 0.809. The summed E-state index contributed by atoms with van der Waals surface area (Å²) < 4.78 is 11.2. The molecule has 0 aromatic carbocycles. The number of hydrogen-bond acceptors (Lipinski definition) is 8. The lowest BCUT2D eigenvalue weighted by molar-refractivity contribution is -0.302. The first-order valence-electron chi connectivity index (χ1n) is 22.9. The lowest BCUT2D eigenvalue weighted by Gasteiger charge is -2.40. The first kappa shape index (κ1) is 52.2. The van der Waals surface area contributed by atoms with Crippen molar-refractivity contribution in [1.82, 2.24) is 5.32 Å². The Hall–Kier alpha value is -1.85. The minimum Gasteiger partial charge on any atom is -0.394 e. The van der Waals surface area contributed by atoms with E-state index in [9.17, 15) is 30.3 Å². The molecule has 0 aromatic rings. The predicted octanol–water partition coefficient (Wildman–Crippen LogP) is 9.45. The molecule has 0 aromatic heterocycles. The van der Waals surface area contributed by atoms with E-state index in [1.807, 2.05) is 6.08 Å². The molecule has 1 heterocycles. The Labute approximate surface area is 342 Å². The number of ether oxygens (including phenoxy) is 2. The number of allylic oxidation sites excluding steroid dienone is 7. The SMILES string of the molecule is CCCCC/C=C\C/C=C\CCCCCCCC(=O)NC(COC1OC(CO)C(O)C(O)C1O)C(O)/C=C/CC/C=C/CCCCCCCCCCCCCC. The minimum absolute atomic E-state index is 0.203. The zero-order chi connectivity index (χ0) is 40.9. The summed E-state index contributed by atoms with van der Waals surface area (Å²) in [6.07, 6.45) is 40.1. The lowest BCUT2D eigenvalue weighted by Crippen LogP contribution is -2.60. The van der Waals surface area contributed by atoms with E-state index in [1.165, 1.54) is 103 Å². The zero-order valence-electron chi connectivity index (χ0n) is 35.6. The summed E-state index contributed by atoms with van der Waals surface area (Å²) in [6.45, 7) is 3.71. The molecule has 1 amide bonds. The average Bonchev–Trinajstić information content (AvgIpc) is 3.20. The van der Waals surface area contributed by atoms with Gasteiger partial charge < -0.3 is 40.3 Å². The van der Waals surface area contributed by atoms with Crippen LogP contribution in [0.4, 0.5) is 0 Å². The van der Waals surface area contributed by atoms with Crippen LogP contribution in [0.2, 0.25) is 0 Å². The molecule has 7 unspecified atom stereocenters. The third-order valence-corrected chi connectivity index (χ3v) is 10.6. The van der Waals surface area contributed by atoms with Crippen LogP contribution in [0.3, 0.4) is 0 Å². The Morgan fingerprint density at radius 2 is 1.07 bits per heavy atom. The van der Waals surface area contributed by atoms with E-state index in [4.69, 9.17) is 9.47 Å². The second-order valence-corrected chi connectivity index (χ2v) is 15.8. The number of amides is 1. The van der Waals surface area contributed by atoms with E-state index >= 15 is 0 Å². The molecule has 56 heavy (non-hydrogen) atoms. The van der Waals surface area contributed by atoms with Crippen molar-refractivity contribution in [2.75, 3.05) is 13.2 Å². The smallest absolute Gasteiger partial charge is 0.220 e. The number of aliphatic hydroxyl groups is 5. The Kier molecular flexibility index (Phi) is 34.9. The Morgan fingerprint density at radius 1 is 0.607 bits per heavy atom. The Balaban J connectivity index is 2.41. The highest BCUT2D eigenvalue weighted by atomic mass is 16.7. The molecule has 1 saturated heterocycles. The molecule has 0 saturated carbocycles. The number of aliphatic hydroxyl groups excluding tert-OH is 5. The summed E-state index contributed by atoms with van der Waals surface area (Å²) in [5.74, 6) is -0.203. The number of rotatable bonds is 37. The first-order chi connectivity index (χ1) is 27.3. The topological polar surface area (TPSA) is 149 Å². The van der Waals surface area contributed by atoms with Gasteiger partial charge in [-0.3, -0.25) is 4.79 Å². The second kappa shape index (κ2) is 37.4. The maximum atomic E-state index is 12.9. The van der Waals surface area contributed by atoms with Crippen LogP contribution in [0.15, 0.2) is 48.6 Å². The van der Waals surface area contributed by atoms with Crippen LogP contribution < -0.4 is 5.32 Å². The highest BCUT2D eigenvalue weighted by Gasteiger charge is 2.44. The number of carbonyl (C=O) groups excluding carboxylic acids is 1. The maximum Gasteiger partial charge on any atom is 0.220 e. The van der Waals surface area contributed by atoms with Gasteiger partial charge in [0.2, 0.25) is 5.91 Å². The van der Waals surface area contributed by atoms with Crippen molar-refractivity contribution in [3.05, 3.63) is 48.6 Å². The molecular formula is C47H85NO8. The molecule has 0 bridgehead atoms. The average molecular weight is 792 g/mol. The van der Waals surface area contributed by atoms with Gasteiger partial charge in [-0.2, -0.15) is 0 Å². The Morgan fingerprint density at radius 3 is 1.64 bits per heavy atom. The van der Waals surface area contributed by atoms with Crippen LogP contribution in [0.5, 0.6) is 0 Å². The van der Waals surface area contributed by atoms with E-state index in [1.54, 1.807) is 6.08 Å². The van der Waals surface area contributed by atoms with E-state index < -0.39 is 49.5 Å². The quantitative estimate of drug-likeness (QED) is 0.0269. The standard InChI is InChI=1S/C47H85NO8/c1-3-5-7-9-11-13-15-17-19-20-21-23-24-26-28-30-32-34-36-41(50)40(39-55-47-46(54)45(53)44(52)42(38-49)56-47)48-43(51)37-35-33-31-29-27-25-22-18-16-14-12-10-8-6-4-2/h12,14,18,22,26,28,34,36,40-42,44-47,49-50,52-54H,3-11,13,15-17,19-21,23-25,27,29-33,35,37-39H2,1-2H3,(H,48,51)/b14-12-,22-18-,28-26+,36-34+. The molecule has 7 atom stereocenters. The van der Waals surface area contributed by atoms with Crippen molar-refractivity contribution in [2.24, 2.45) is 0 Å². The van der Waals surface area contributed by atoms with E-state index in [0.717, 1.165) is 64.2 Å². The van der Waals surface area contributed by atoms with Crippen LogP contribution in [-0.4, -0.2) is 87.5 Å². The predicted molar refractivity (Wildman–Crippen MR) is 230 cm³/mol. The first-order valence-corrected chi connectivity index (χ1v) is 22.9. The molecule has 0 aliphatic carbocycles. The number of unbranched alkanes of at least 4 members (excludes halogenated alkanes) is 21. The molecule has 1 rings (SSSR count). The number of nitrogens with one attached hydrogen (secondary N) is 1. The molecule has 9 heteroatoms. The summed E-state index contributed by atoms with van der Waals surface area (Å²) >= 11 is 0. The monoisotopic (exact) mass is 792 g/mol. The van der Waals surface area contributed by atoms with E-state index in [0.29, 0.717) is 6.42 Å². The van der Waals surface area contributed by atoms with Crippen molar-refractivity contribution in [1.29, 1.82) is 0 Å². The molecule has 9 nitrogen and oxygen atoms in total. The molecule has 0 spiro atoms. The van der Waals surface area contributed by atoms with Crippen LogP contribution in [-0.2, 0) is 14.3 Å². The van der Waals surface area contributed by atoms with Crippen LogP contribution in [0.25, 0.3) is 0 Å². The number of carbonyl (C=O) groups is 1. The summed E-state index contributed by atoms with van der Waals surface area (Å²) in [7, 11) is 0. The molecule has 326 valence electrons. The molecule has 1 aliphatic heterocycles. The Bertz CT molecular complexity index is 1010. The largest absolute Gasteiger partial charge is 0.394 e. The van der Waals surface area contributed by atoms with Gasteiger partial charge >= 0.3 is 0 Å². The van der Waals surface area contributed by atoms with Gasteiger partial charge in [0.05, 0.1) is 25.4 Å². The van der Waals surface area contributed by atoms with E-state index in [2.05, 4.69) is 55.6 Å². The minimum atomic E-state index is -1.57. The van der Waals surface area contributed by atoms with Crippen LogP contribution in [0, 0.1) is 0 Å². The summed E-state index contributed by atoms with van der Waals surface area (Å²) in [5, 5.41) is 54.1. The van der Waals surface area contributed by atoms with Gasteiger partial charge in [0.25, 0.3) is 0 Å². The van der Waals surface area contributed by atoms with Gasteiger partial charge in [-0.25, -0.2) is 0 Å². The van der Waals surface area contributed by atoms with E-state index in [-0.39, 0.29) is 12.5 Å². The number of hydrogen-bond donors (Lipinski definition) is 6. The van der Waals surface area contributed by atoms with Crippen molar-refractivity contribution in [3.8, 4) is 0 Å². The normalized spacial score (nSPS) is 21.6. The van der Waals surface area contributed by atoms with Gasteiger partial charge in [-0.15, -0.1) is 0 Å². The molecule has 1 aliphatic rings. The third-order valence-electron chi connectivity index (χ3n) is 10.6. The second-order valence-electron chi connectivity index (χ2n) is 15.8. The molecule has 6 N–H and O–H groups in total. The van der Waals surface area contributed by atoms with Crippen LogP contribution >= 0.6 is 0 Å². The third kappa shape index (κ3) is 27.7. The summed E-state index contributed by atoms with van der Waals surface area (Å²) in [6, 6.07) is -0.828.